The van der Waals surface area contributed by atoms with E-state index >= 15 is 0 Å². The van der Waals surface area contributed by atoms with E-state index in [1.54, 1.807) is 62.5 Å². The Kier molecular flexibility index (Phi) is 7.74. The van der Waals surface area contributed by atoms with Crippen molar-refractivity contribution in [2.45, 2.75) is 13.5 Å². The van der Waals surface area contributed by atoms with E-state index in [1.165, 1.54) is 34.9 Å². The van der Waals surface area contributed by atoms with Crippen LogP contribution in [0.2, 0.25) is 0 Å². The van der Waals surface area contributed by atoms with E-state index in [0.717, 1.165) is 5.56 Å². The highest BCUT2D eigenvalue weighted by Crippen LogP contribution is 2.35. The lowest BCUT2D eigenvalue weighted by Gasteiger charge is -2.09. The van der Waals surface area contributed by atoms with Gasteiger partial charge in [0, 0.05) is 19.2 Å². The van der Waals surface area contributed by atoms with Crippen LogP contribution in [0.5, 0.6) is 5.75 Å². The van der Waals surface area contributed by atoms with Crippen LogP contribution in [0.3, 0.4) is 0 Å². The normalized spacial score (nSPS) is 15.4. The molecular formula is C26H20BrN3O6S. The Morgan fingerprint density at radius 3 is 2.68 bits per heavy atom. The summed E-state index contributed by atoms with van der Waals surface area (Å²) in [5, 5.41) is 20.8. The lowest BCUT2D eigenvalue weighted by atomic mass is 10.1. The Bertz CT molecular complexity index is 1490. The second-order valence-electron chi connectivity index (χ2n) is 8.03. The smallest absolute Gasteiger partial charge is 0.336 e. The number of thioether (sulfide) groups is 1. The highest BCUT2D eigenvalue weighted by atomic mass is 79.9. The van der Waals surface area contributed by atoms with Gasteiger partial charge in [0.2, 0.25) is 0 Å². The lowest BCUT2D eigenvalue weighted by molar-refractivity contribution is -0.384. The third kappa shape index (κ3) is 5.89. The molecule has 3 aromatic rings. The monoisotopic (exact) mass is 581 g/mol. The second-order valence-corrected chi connectivity index (χ2v) is 9.89. The van der Waals surface area contributed by atoms with Gasteiger partial charge < -0.3 is 9.84 Å². The van der Waals surface area contributed by atoms with Crippen LogP contribution >= 0.6 is 27.7 Å². The summed E-state index contributed by atoms with van der Waals surface area (Å²) < 4.78 is 6.47. The fraction of sp³-hybridized carbons (Fsp3) is 0.115. The summed E-state index contributed by atoms with van der Waals surface area (Å²) in [4.78, 5) is 41.2. The molecule has 37 heavy (non-hydrogen) atoms. The van der Waals surface area contributed by atoms with Gasteiger partial charge in [0.25, 0.3) is 11.6 Å². The average Bonchev–Trinajstić information content (AvgIpc) is 3.12. The number of halogens is 1. The zero-order valence-electron chi connectivity index (χ0n) is 19.7. The van der Waals surface area contributed by atoms with Gasteiger partial charge in [-0.2, -0.15) is 0 Å². The number of carboxylic acid groups (broad SMARTS) is 1. The first-order valence-corrected chi connectivity index (χ1v) is 12.5. The van der Waals surface area contributed by atoms with Crippen LogP contribution in [0, 0.1) is 17.0 Å². The number of carbonyl (C=O) groups excluding carboxylic acids is 1. The van der Waals surface area contributed by atoms with Crippen molar-refractivity contribution in [3.8, 4) is 5.75 Å². The number of amidine groups is 1. The molecule has 1 N–H and O–H groups in total. The fourth-order valence-electron chi connectivity index (χ4n) is 3.53. The van der Waals surface area contributed by atoms with Gasteiger partial charge in [0.1, 0.15) is 12.4 Å². The quantitative estimate of drug-likeness (QED) is 0.201. The first kappa shape index (κ1) is 26.1. The third-order valence-corrected chi connectivity index (χ3v) is 7.20. The van der Waals surface area contributed by atoms with Gasteiger partial charge in [0.15, 0.2) is 5.17 Å². The van der Waals surface area contributed by atoms with Crippen LogP contribution in [0.4, 0.5) is 11.4 Å². The van der Waals surface area contributed by atoms with Gasteiger partial charge in [-0.1, -0.05) is 24.3 Å². The number of rotatable bonds is 7. The third-order valence-electron chi connectivity index (χ3n) is 5.52. The van der Waals surface area contributed by atoms with E-state index in [1.807, 2.05) is 0 Å². The number of non-ortho nitro benzene ring substituents is 1. The molecule has 3 aromatic carbocycles. The number of aliphatic imine (C=N–C) groups is 1. The number of hydrogen-bond acceptors (Lipinski definition) is 7. The summed E-state index contributed by atoms with van der Waals surface area (Å²) in [7, 11) is 1.62. The molecule has 0 radical (unpaired) electrons. The SMILES string of the molecule is Cc1c(N=C2S/C(=C\c3ccc(OCc4cccc([N+](=O)[O-])c4)c(Br)c3)C(=O)N2C)cccc1C(=O)O. The molecule has 1 heterocycles. The minimum Gasteiger partial charge on any atom is -0.488 e. The summed E-state index contributed by atoms with van der Waals surface area (Å²) in [6.07, 6.45) is 1.74. The molecule has 0 saturated carbocycles. The average molecular weight is 582 g/mol. The van der Waals surface area contributed by atoms with Crippen molar-refractivity contribution in [3.05, 3.63) is 102 Å². The summed E-state index contributed by atoms with van der Waals surface area (Å²) in [5.74, 6) is -0.711. The van der Waals surface area contributed by atoms with Gasteiger partial charge in [-0.05, 0) is 81.6 Å². The van der Waals surface area contributed by atoms with Gasteiger partial charge in [-0.15, -0.1) is 0 Å². The van der Waals surface area contributed by atoms with E-state index in [-0.39, 0.29) is 23.8 Å². The van der Waals surface area contributed by atoms with Crippen molar-refractivity contribution in [2.24, 2.45) is 4.99 Å². The predicted octanol–water partition coefficient (Wildman–Crippen LogP) is 6.18. The number of benzene rings is 3. The largest absolute Gasteiger partial charge is 0.488 e. The Labute approximate surface area is 224 Å². The van der Waals surface area contributed by atoms with Crippen LogP contribution in [-0.4, -0.2) is 39.0 Å². The Morgan fingerprint density at radius 1 is 1.22 bits per heavy atom. The maximum Gasteiger partial charge on any atom is 0.336 e. The Hall–Kier alpha value is -3.96. The molecule has 0 bridgehead atoms. The number of carbonyl (C=O) groups is 2. The van der Waals surface area contributed by atoms with Crippen LogP contribution in [0.15, 0.2) is 75.0 Å². The number of nitro benzene ring substituents is 1. The van der Waals surface area contributed by atoms with E-state index in [9.17, 15) is 24.8 Å². The van der Waals surface area contributed by atoms with E-state index in [2.05, 4.69) is 20.9 Å². The predicted molar refractivity (Wildman–Crippen MR) is 145 cm³/mol. The number of nitrogens with zero attached hydrogens (tertiary/aromatic N) is 3. The Balaban J connectivity index is 1.51. The topological polar surface area (TPSA) is 122 Å². The summed E-state index contributed by atoms with van der Waals surface area (Å²) in [5.41, 5.74) is 2.58. The van der Waals surface area contributed by atoms with Crippen LogP contribution < -0.4 is 4.74 Å². The highest BCUT2D eigenvalue weighted by Gasteiger charge is 2.30. The molecule has 1 amide bonds. The summed E-state index contributed by atoms with van der Waals surface area (Å²) in [6.45, 7) is 1.84. The van der Waals surface area contributed by atoms with E-state index in [0.29, 0.717) is 37.1 Å². The number of hydrogen-bond donors (Lipinski definition) is 1. The van der Waals surface area contributed by atoms with Crippen molar-refractivity contribution in [3.63, 3.8) is 0 Å². The molecule has 1 aliphatic rings. The van der Waals surface area contributed by atoms with Crippen molar-refractivity contribution in [1.82, 2.24) is 4.90 Å². The van der Waals surface area contributed by atoms with Crippen molar-refractivity contribution in [1.29, 1.82) is 0 Å². The maximum atomic E-state index is 12.8. The number of carboxylic acids is 1. The molecule has 1 aliphatic heterocycles. The van der Waals surface area contributed by atoms with E-state index < -0.39 is 10.9 Å². The molecule has 188 valence electrons. The molecule has 4 rings (SSSR count). The standard InChI is InChI=1S/C26H20BrN3O6S/c1-15-19(25(32)33)7-4-8-21(15)28-26-29(2)24(31)23(37-26)13-16-9-10-22(20(27)12-16)36-14-17-5-3-6-18(11-17)30(34)35/h3-13H,14H2,1-2H3,(H,32,33)/b23-13-,28-26?. The molecule has 11 heteroatoms. The van der Waals surface area contributed by atoms with Gasteiger partial charge in [0.05, 0.1) is 25.6 Å². The number of amides is 1. The molecule has 0 atom stereocenters. The lowest BCUT2D eigenvalue weighted by Crippen LogP contribution is -2.23. The minimum atomic E-state index is -1.04. The van der Waals surface area contributed by atoms with Crippen molar-refractivity contribution >= 4 is 62.2 Å². The second kappa shape index (κ2) is 11.0. The van der Waals surface area contributed by atoms with Crippen LogP contribution in [0.25, 0.3) is 6.08 Å². The molecule has 0 aromatic heterocycles. The first-order chi connectivity index (χ1) is 17.6. The Morgan fingerprint density at radius 2 is 1.97 bits per heavy atom. The molecule has 9 nitrogen and oxygen atoms in total. The van der Waals surface area contributed by atoms with Crippen molar-refractivity contribution < 1.29 is 24.4 Å². The number of likely N-dealkylation sites (N-methyl/N-ethyl adjacent to an activating group) is 1. The van der Waals surface area contributed by atoms with Gasteiger partial charge in [-0.25, -0.2) is 9.79 Å². The van der Waals surface area contributed by atoms with Crippen molar-refractivity contribution in [2.75, 3.05) is 7.05 Å². The first-order valence-electron chi connectivity index (χ1n) is 10.9. The maximum absolute atomic E-state index is 12.8. The van der Waals surface area contributed by atoms with Gasteiger partial charge >= 0.3 is 5.97 Å². The molecule has 1 fully saturated rings. The zero-order chi connectivity index (χ0) is 26.7. The molecular weight excluding hydrogens is 562 g/mol. The molecule has 0 unspecified atom stereocenters. The zero-order valence-corrected chi connectivity index (χ0v) is 22.1. The molecule has 0 aliphatic carbocycles. The van der Waals surface area contributed by atoms with Crippen LogP contribution in [0.1, 0.15) is 27.0 Å². The van der Waals surface area contributed by atoms with E-state index in [4.69, 9.17) is 4.74 Å². The molecule has 0 spiro atoms. The highest BCUT2D eigenvalue weighted by molar-refractivity contribution is 9.10. The minimum absolute atomic E-state index is 0.00139. The van der Waals surface area contributed by atoms with Gasteiger partial charge in [-0.3, -0.25) is 19.8 Å². The number of nitro groups is 1. The fourth-order valence-corrected chi connectivity index (χ4v) is 5.02. The van der Waals surface area contributed by atoms with Crippen LogP contribution in [-0.2, 0) is 11.4 Å². The summed E-state index contributed by atoms with van der Waals surface area (Å²) in [6, 6.07) is 16.4. The molecule has 1 saturated heterocycles. The number of aromatic carboxylic acids is 1. The summed E-state index contributed by atoms with van der Waals surface area (Å²) >= 11 is 4.68. The number of ether oxygens (including phenoxy) is 1.